The smallest absolute Gasteiger partial charge is 0.307 e. The fraction of sp³-hybridized carbons (Fsp3) is 0.278. The fourth-order valence-corrected chi connectivity index (χ4v) is 2.63. The van der Waals surface area contributed by atoms with Gasteiger partial charge >= 0.3 is 5.97 Å². The number of carbonyl (C=O) groups is 1. The maximum atomic E-state index is 11.5. The summed E-state index contributed by atoms with van der Waals surface area (Å²) in [5, 5.41) is 0. The molecule has 0 aromatic heterocycles. The third kappa shape index (κ3) is 5.37. The van der Waals surface area contributed by atoms with Gasteiger partial charge < -0.3 is 15.2 Å². The lowest BCUT2D eigenvalue weighted by molar-refractivity contribution is -0.143. The highest BCUT2D eigenvalue weighted by Gasteiger charge is 2.14. The molecule has 23 heavy (non-hydrogen) atoms. The number of ether oxygens (including phenoxy) is 2. The van der Waals surface area contributed by atoms with Crippen molar-refractivity contribution >= 4 is 21.9 Å². The molecule has 1 atom stereocenters. The second-order valence-corrected chi connectivity index (χ2v) is 5.93. The van der Waals surface area contributed by atoms with Crippen LogP contribution in [0, 0.1) is 0 Å². The molecule has 0 fully saturated rings. The van der Waals surface area contributed by atoms with E-state index < -0.39 is 6.04 Å². The highest BCUT2D eigenvalue weighted by atomic mass is 79.9. The van der Waals surface area contributed by atoms with Gasteiger partial charge in [0.2, 0.25) is 0 Å². The standard InChI is InChI=1S/C18H20BrNO3/c1-2-22-18(21)11-16(20)14-8-9-17(15(19)10-14)23-12-13-6-4-3-5-7-13/h3-10,16H,2,11-12,20H2,1H3/t16-/m0/s1. The van der Waals surface area contributed by atoms with Gasteiger partial charge in [-0.05, 0) is 46.1 Å². The number of esters is 1. The minimum atomic E-state index is -0.395. The van der Waals surface area contributed by atoms with Crippen molar-refractivity contribution in [2.24, 2.45) is 5.73 Å². The number of halogens is 1. The second-order valence-electron chi connectivity index (χ2n) is 5.08. The molecule has 0 aliphatic rings. The molecule has 2 rings (SSSR count). The largest absolute Gasteiger partial charge is 0.488 e. The molecule has 0 unspecified atom stereocenters. The Balaban J connectivity index is 1.98. The highest BCUT2D eigenvalue weighted by molar-refractivity contribution is 9.10. The van der Waals surface area contributed by atoms with Gasteiger partial charge in [-0.15, -0.1) is 0 Å². The number of benzene rings is 2. The summed E-state index contributed by atoms with van der Waals surface area (Å²) in [4.78, 5) is 11.5. The average molecular weight is 378 g/mol. The van der Waals surface area contributed by atoms with Crippen LogP contribution in [0.2, 0.25) is 0 Å². The molecule has 0 amide bonds. The third-order valence-electron chi connectivity index (χ3n) is 3.31. The van der Waals surface area contributed by atoms with Gasteiger partial charge in [0.15, 0.2) is 0 Å². The predicted molar refractivity (Wildman–Crippen MR) is 93.1 cm³/mol. The molecular formula is C18H20BrNO3. The average Bonchev–Trinajstić information content (AvgIpc) is 2.54. The van der Waals surface area contributed by atoms with E-state index in [4.69, 9.17) is 15.2 Å². The van der Waals surface area contributed by atoms with Gasteiger partial charge in [-0.25, -0.2) is 0 Å². The summed E-state index contributed by atoms with van der Waals surface area (Å²) >= 11 is 3.49. The van der Waals surface area contributed by atoms with E-state index in [9.17, 15) is 4.79 Å². The molecule has 2 N–H and O–H groups in total. The van der Waals surface area contributed by atoms with E-state index in [1.807, 2.05) is 48.5 Å². The summed E-state index contributed by atoms with van der Waals surface area (Å²) < 4.78 is 11.5. The van der Waals surface area contributed by atoms with E-state index in [2.05, 4.69) is 15.9 Å². The molecule has 4 nitrogen and oxygen atoms in total. The highest BCUT2D eigenvalue weighted by Crippen LogP contribution is 2.29. The normalized spacial score (nSPS) is 11.8. The van der Waals surface area contributed by atoms with Crippen molar-refractivity contribution in [3.8, 4) is 5.75 Å². The van der Waals surface area contributed by atoms with E-state index in [1.165, 1.54) is 0 Å². The summed E-state index contributed by atoms with van der Waals surface area (Å²) in [6.45, 7) is 2.63. The van der Waals surface area contributed by atoms with Crippen molar-refractivity contribution in [1.29, 1.82) is 0 Å². The van der Waals surface area contributed by atoms with Gasteiger partial charge in [0.05, 0.1) is 17.5 Å². The second kappa shape index (κ2) is 8.70. The first-order valence-electron chi connectivity index (χ1n) is 7.47. The molecule has 0 aliphatic carbocycles. The quantitative estimate of drug-likeness (QED) is 0.741. The molecule has 0 radical (unpaired) electrons. The van der Waals surface area contributed by atoms with Crippen LogP contribution in [0.15, 0.2) is 53.0 Å². The summed E-state index contributed by atoms with van der Waals surface area (Å²) in [6, 6.07) is 15.2. The summed E-state index contributed by atoms with van der Waals surface area (Å²) in [5.41, 5.74) is 8.01. The minimum absolute atomic E-state index is 0.157. The van der Waals surface area contributed by atoms with Crippen molar-refractivity contribution in [2.75, 3.05) is 6.61 Å². The summed E-state index contributed by atoms with van der Waals surface area (Å²) in [5.74, 6) is 0.446. The monoisotopic (exact) mass is 377 g/mol. The SMILES string of the molecule is CCOC(=O)C[C@H](N)c1ccc(OCc2ccccc2)c(Br)c1. The molecule has 0 bridgehead atoms. The fourth-order valence-electron chi connectivity index (χ4n) is 2.12. The van der Waals surface area contributed by atoms with Crippen LogP contribution in [0.4, 0.5) is 0 Å². The van der Waals surface area contributed by atoms with Crippen LogP contribution in [-0.4, -0.2) is 12.6 Å². The van der Waals surface area contributed by atoms with Crippen LogP contribution in [0.3, 0.4) is 0 Å². The first-order chi connectivity index (χ1) is 11.1. The lowest BCUT2D eigenvalue weighted by atomic mass is 10.0. The summed E-state index contributed by atoms with van der Waals surface area (Å²) in [7, 11) is 0. The topological polar surface area (TPSA) is 61.5 Å². The van der Waals surface area contributed by atoms with Crippen molar-refractivity contribution < 1.29 is 14.3 Å². The Morgan fingerprint density at radius 1 is 1.22 bits per heavy atom. The van der Waals surface area contributed by atoms with E-state index in [1.54, 1.807) is 6.92 Å². The summed E-state index contributed by atoms with van der Waals surface area (Å²) in [6.07, 6.45) is 0.157. The van der Waals surface area contributed by atoms with E-state index in [0.717, 1.165) is 21.3 Å². The zero-order valence-electron chi connectivity index (χ0n) is 13.0. The first kappa shape index (κ1) is 17.5. The van der Waals surface area contributed by atoms with Crippen LogP contribution in [0.25, 0.3) is 0 Å². The van der Waals surface area contributed by atoms with Crippen LogP contribution >= 0.6 is 15.9 Å². The van der Waals surface area contributed by atoms with Gasteiger partial charge in [0.1, 0.15) is 12.4 Å². The number of carbonyl (C=O) groups excluding carboxylic acids is 1. The van der Waals surface area contributed by atoms with Gasteiger partial charge in [-0.1, -0.05) is 36.4 Å². The molecule has 5 heteroatoms. The predicted octanol–water partition coefficient (Wildman–Crippen LogP) is 3.98. The molecule has 0 heterocycles. The first-order valence-corrected chi connectivity index (χ1v) is 8.26. The van der Waals surface area contributed by atoms with Crippen molar-refractivity contribution in [3.05, 3.63) is 64.1 Å². The Hall–Kier alpha value is -1.85. The van der Waals surface area contributed by atoms with Crippen molar-refractivity contribution in [1.82, 2.24) is 0 Å². The molecular weight excluding hydrogens is 358 g/mol. The number of hydrogen-bond acceptors (Lipinski definition) is 4. The van der Waals surface area contributed by atoms with E-state index in [0.29, 0.717) is 13.2 Å². The minimum Gasteiger partial charge on any atom is -0.488 e. The number of nitrogens with two attached hydrogens (primary N) is 1. The van der Waals surface area contributed by atoms with E-state index >= 15 is 0 Å². The maximum absolute atomic E-state index is 11.5. The van der Waals surface area contributed by atoms with Crippen LogP contribution in [0.5, 0.6) is 5.75 Å². The molecule has 0 saturated carbocycles. The van der Waals surface area contributed by atoms with Gasteiger partial charge in [0, 0.05) is 6.04 Å². The maximum Gasteiger partial charge on any atom is 0.307 e. The molecule has 0 aliphatic heterocycles. The number of hydrogen-bond donors (Lipinski definition) is 1. The Kier molecular flexibility index (Phi) is 6.62. The van der Waals surface area contributed by atoms with Crippen LogP contribution in [-0.2, 0) is 16.1 Å². The third-order valence-corrected chi connectivity index (χ3v) is 3.93. The Morgan fingerprint density at radius 2 is 1.96 bits per heavy atom. The molecule has 0 saturated heterocycles. The molecule has 0 spiro atoms. The van der Waals surface area contributed by atoms with Gasteiger partial charge in [-0.2, -0.15) is 0 Å². The van der Waals surface area contributed by atoms with Gasteiger partial charge in [0.25, 0.3) is 0 Å². The Labute approximate surface area is 144 Å². The Bertz CT molecular complexity index is 646. The Morgan fingerprint density at radius 3 is 2.61 bits per heavy atom. The van der Waals surface area contributed by atoms with Crippen LogP contribution in [0.1, 0.15) is 30.5 Å². The van der Waals surface area contributed by atoms with Crippen LogP contribution < -0.4 is 10.5 Å². The number of rotatable bonds is 7. The lowest BCUT2D eigenvalue weighted by Gasteiger charge is -2.14. The molecule has 2 aromatic rings. The van der Waals surface area contributed by atoms with Crippen molar-refractivity contribution in [3.63, 3.8) is 0 Å². The van der Waals surface area contributed by atoms with Crippen molar-refractivity contribution in [2.45, 2.75) is 26.0 Å². The lowest BCUT2D eigenvalue weighted by Crippen LogP contribution is -2.17. The van der Waals surface area contributed by atoms with E-state index in [-0.39, 0.29) is 12.4 Å². The van der Waals surface area contributed by atoms with Gasteiger partial charge in [-0.3, -0.25) is 4.79 Å². The molecule has 122 valence electrons. The zero-order valence-corrected chi connectivity index (χ0v) is 14.6. The molecule has 2 aromatic carbocycles. The zero-order chi connectivity index (χ0) is 16.7.